The predicted molar refractivity (Wildman–Crippen MR) is 122 cm³/mol. The number of hydrazine groups is 1. The summed E-state index contributed by atoms with van der Waals surface area (Å²) in [5.74, 6) is 6.65. The van der Waals surface area contributed by atoms with Crippen LogP contribution in [0.15, 0.2) is 70.8 Å². The largest absolute Gasteiger partial charge is 0.411 e. The van der Waals surface area contributed by atoms with Gasteiger partial charge in [-0.3, -0.25) is 14.8 Å². The average Bonchev–Trinajstić information content (AvgIpc) is 3.38. The summed E-state index contributed by atoms with van der Waals surface area (Å²) in [6, 6.07) is 5.11. The van der Waals surface area contributed by atoms with Gasteiger partial charge in [0.2, 0.25) is 0 Å². The number of pyridine rings is 1. The Morgan fingerprint density at radius 2 is 2.18 bits per heavy atom. The molecule has 1 amide bonds. The first-order valence-electron chi connectivity index (χ1n) is 11.4. The van der Waals surface area contributed by atoms with Crippen LogP contribution in [0, 0.1) is 5.92 Å². The van der Waals surface area contributed by atoms with E-state index < -0.39 is 0 Å². The number of aromatic nitrogens is 5. The number of aromatic amines is 1. The van der Waals surface area contributed by atoms with Gasteiger partial charge in [0, 0.05) is 31.1 Å². The van der Waals surface area contributed by atoms with E-state index in [1.54, 1.807) is 34.6 Å². The SMILES string of the molecule is NN1C=CC=C(C2CC2)/C1=C/C[C@H]1c2nc[nH]c2CCN1C(=O)c1nnc(-c2ccccn2)o1. The van der Waals surface area contributed by atoms with Gasteiger partial charge in [0.15, 0.2) is 0 Å². The summed E-state index contributed by atoms with van der Waals surface area (Å²) in [6.07, 6.45) is 15.0. The lowest BCUT2D eigenvalue weighted by Gasteiger charge is -2.34. The Balaban J connectivity index is 1.29. The molecule has 2 aliphatic heterocycles. The number of H-pyrrole nitrogens is 1. The molecule has 172 valence electrons. The van der Waals surface area contributed by atoms with Crippen molar-refractivity contribution in [3.8, 4) is 11.6 Å². The lowest BCUT2D eigenvalue weighted by Crippen LogP contribution is -2.40. The number of rotatable bonds is 5. The van der Waals surface area contributed by atoms with Gasteiger partial charge in [-0.25, -0.2) is 10.8 Å². The number of hydrogen-bond acceptors (Lipinski definition) is 8. The molecule has 0 radical (unpaired) electrons. The van der Waals surface area contributed by atoms with Crippen molar-refractivity contribution >= 4 is 5.91 Å². The van der Waals surface area contributed by atoms with E-state index in [2.05, 4.69) is 37.3 Å². The molecule has 3 aromatic rings. The van der Waals surface area contributed by atoms with E-state index >= 15 is 0 Å². The fourth-order valence-corrected chi connectivity index (χ4v) is 4.60. The van der Waals surface area contributed by atoms with E-state index in [0.29, 0.717) is 31.0 Å². The second kappa shape index (κ2) is 8.38. The molecule has 5 heterocycles. The summed E-state index contributed by atoms with van der Waals surface area (Å²) in [5.41, 5.74) is 4.65. The Hall–Kier alpha value is -4.05. The van der Waals surface area contributed by atoms with Crippen LogP contribution in [0.5, 0.6) is 0 Å². The average molecular weight is 457 g/mol. The molecule has 0 aromatic carbocycles. The van der Waals surface area contributed by atoms with Crippen LogP contribution in [-0.2, 0) is 6.42 Å². The van der Waals surface area contributed by atoms with Crippen LogP contribution in [0.25, 0.3) is 11.6 Å². The number of nitrogens with zero attached hydrogens (tertiary/aromatic N) is 6. The monoisotopic (exact) mass is 456 g/mol. The molecule has 3 N–H and O–H groups in total. The molecule has 0 spiro atoms. The molecule has 1 saturated carbocycles. The van der Waals surface area contributed by atoms with E-state index in [1.165, 1.54) is 18.4 Å². The lowest BCUT2D eigenvalue weighted by atomic mass is 9.97. The molecular formula is C24H24N8O2. The van der Waals surface area contributed by atoms with Crippen LogP contribution in [0.3, 0.4) is 0 Å². The quantitative estimate of drug-likeness (QED) is 0.561. The van der Waals surface area contributed by atoms with Gasteiger partial charge in [-0.1, -0.05) is 18.2 Å². The molecule has 0 unspecified atom stereocenters. The van der Waals surface area contributed by atoms with Gasteiger partial charge in [-0.2, -0.15) is 0 Å². The van der Waals surface area contributed by atoms with Crippen LogP contribution in [-0.4, -0.2) is 47.5 Å². The van der Waals surface area contributed by atoms with Crippen LogP contribution < -0.4 is 5.84 Å². The Morgan fingerprint density at radius 1 is 1.26 bits per heavy atom. The first kappa shape index (κ1) is 20.5. The Morgan fingerprint density at radius 3 is 3.00 bits per heavy atom. The highest BCUT2D eigenvalue weighted by Gasteiger charge is 2.36. The van der Waals surface area contributed by atoms with Gasteiger partial charge in [0.05, 0.1) is 23.8 Å². The third-order valence-corrected chi connectivity index (χ3v) is 6.45. The number of allylic oxidation sites excluding steroid dienone is 3. The van der Waals surface area contributed by atoms with E-state index in [4.69, 9.17) is 10.3 Å². The maximum atomic E-state index is 13.5. The molecule has 0 bridgehead atoms. The van der Waals surface area contributed by atoms with Crippen molar-refractivity contribution in [2.45, 2.75) is 31.7 Å². The highest BCUT2D eigenvalue weighted by molar-refractivity contribution is 5.90. The molecule has 10 heteroatoms. The van der Waals surface area contributed by atoms with Gasteiger partial charge < -0.3 is 14.3 Å². The standard InChI is InChI=1S/C24H24N8O2/c25-32-12-3-4-16(15-6-7-15)19(32)8-9-20-21-17(27-14-28-21)10-13-31(20)24(33)23-30-29-22(34-23)18-5-1-2-11-26-18/h1-5,8,11-12,14-15,20H,6-7,9-10,13,25H2,(H,27,28)/b19-8-/t20-/m0/s1. The Kier molecular flexibility index (Phi) is 5.06. The molecule has 34 heavy (non-hydrogen) atoms. The van der Waals surface area contributed by atoms with Crippen molar-refractivity contribution in [2.24, 2.45) is 11.8 Å². The van der Waals surface area contributed by atoms with Crippen LogP contribution in [0.1, 0.15) is 47.4 Å². The molecular weight excluding hydrogens is 432 g/mol. The zero-order chi connectivity index (χ0) is 23.1. The van der Waals surface area contributed by atoms with E-state index in [9.17, 15) is 4.79 Å². The third kappa shape index (κ3) is 3.71. The normalized spacial score (nSPS) is 21.0. The number of nitrogens with two attached hydrogens (primary N) is 1. The highest BCUT2D eigenvalue weighted by Crippen LogP contribution is 2.42. The van der Waals surface area contributed by atoms with Crippen LogP contribution in [0.4, 0.5) is 0 Å². The zero-order valence-corrected chi connectivity index (χ0v) is 18.5. The van der Waals surface area contributed by atoms with Crippen molar-refractivity contribution in [2.75, 3.05) is 6.54 Å². The Bertz CT molecular complexity index is 1300. The minimum atomic E-state index is -0.321. The minimum Gasteiger partial charge on any atom is -0.411 e. The molecule has 0 saturated heterocycles. The second-order valence-corrected chi connectivity index (χ2v) is 8.63. The smallest absolute Gasteiger partial charge is 0.312 e. The number of amides is 1. The summed E-state index contributed by atoms with van der Waals surface area (Å²) in [4.78, 5) is 27.2. The molecule has 1 atom stereocenters. The summed E-state index contributed by atoms with van der Waals surface area (Å²) >= 11 is 0. The summed E-state index contributed by atoms with van der Waals surface area (Å²) < 4.78 is 5.70. The van der Waals surface area contributed by atoms with Crippen molar-refractivity contribution < 1.29 is 9.21 Å². The zero-order valence-electron chi connectivity index (χ0n) is 18.5. The topological polar surface area (TPSA) is 130 Å². The maximum Gasteiger partial charge on any atom is 0.312 e. The number of carbonyl (C=O) groups is 1. The van der Waals surface area contributed by atoms with E-state index in [1.807, 2.05) is 18.3 Å². The van der Waals surface area contributed by atoms with Gasteiger partial charge >= 0.3 is 11.8 Å². The molecule has 1 aliphatic carbocycles. The molecule has 3 aromatic heterocycles. The van der Waals surface area contributed by atoms with Crippen molar-refractivity contribution in [1.29, 1.82) is 0 Å². The number of nitrogens with one attached hydrogen (secondary N) is 1. The number of hydrogen-bond donors (Lipinski definition) is 2. The minimum absolute atomic E-state index is 0.0584. The van der Waals surface area contributed by atoms with Crippen LogP contribution in [0.2, 0.25) is 0 Å². The fourth-order valence-electron chi connectivity index (χ4n) is 4.60. The van der Waals surface area contributed by atoms with Gasteiger partial charge in [0.1, 0.15) is 5.69 Å². The van der Waals surface area contributed by atoms with Gasteiger partial charge in [-0.05, 0) is 49.0 Å². The van der Waals surface area contributed by atoms with E-state index in [-0.39, 0.29) is 23.7 Å². The fraction of sp³-hybridized carbons (Fsp3) is 0.292. The number of carbonyl (C=O) groups excluding carboxylic acids is 1. The lowest BCUT2D eigenvalue weighted by molar-refractivity contribution is 0.0616. The summed E-state index contributed by atoms with van der Waals surface area (Å²) in [6.45, 7) is 0.515. The van der Waals surface area contributed by atoms with Gasteiger partial charge in [0.25, 0.3) is 5.89 Å². The second-order valence-electron chi connectivity index (χ2n) is 8.63. The van der Waals surface area contributed by atoms with Gasteiger partial charge in [-0.15, -0.1) is 10.2 Å². The Labute approximate surface area is 195 Å². The molecule has 6 rings (SSSR count). The van der Waals surface area contributed by atoms with Crippen molar-refractivity contribution in [1.82, 2.24) is 35.1 Å². The van der Waals surface area contributed by atoms with E-state index in [0.717, 1.165) is 17.1 Å². The molecule has 1 fully saturated rings. The van der Waals surface area contributed by atoms with Crippen LogP contribution >= 0.6 is 0 Å². The number of imidazole rings is 1. The summed E-state index contributed by atoms with van der Waals surface area (Å²) in [5, 5.41) is 9.70. The van der Waals surface area contributed by atoms with Crippen molar-refractivity contribution in [3.63, 3.8) is 0 Å². The van der Waals surface area contributed by atoms with Crippen molar-refractivity contribution in [3.05, 3.63) is 83.7 Å². The maximum absolute atomic E-state index is 13.5. The molecule has 10 nitrogen and oxygen atoms in total. The highest BCUT2D eigenvalue weighted by atomic mass is 16.4. The first-order chi connectivity index (χ1) is 16.7. The third-order valence-electron chi connectivity index (χ3n) is 6.45. The summed E-state index contributed by atoms with van der Waals surface area (Å²) in [7, 11) is 0. The first-order valence-corrected chi connectivity index (χ1v) is 11.4. The predicted octanol–water partition coefficient (Wildman–Crippen LogP) is 2.91. The number of fused-ring (bicyclic) bond motifs is 1. The molecule has 3 aliphatic rings.